The van der Waals surface area contributed by atoms with Gasteiger partial charge in [-0.2, -0.15) is 5.26 Å². The summed E-state index contributed by atoms with van der Waals surface area (Å²) in [4.78, 5) is 24.4. The highest BCUT2D eigenvalue weighted by Gasteiger charge is 2.18. The van der Waals surface area contributed by atoms with Gasteiger partial charge in [-0.25, -0.2) is 19.9 Å². The van der Waals surface area contributed by atoms with Crippen LogP contribution in [0.1, 0.15) is 29.9 Å². The van der Waals surface area contributed by atoms with Gasteiger partial charge < -0.3 is 14.8 Å². The summed E-state index contributed by atoms with van der Waals surface area (Å²) in [7, 11) is 0. The molecule has 5 rings (SSSR count). The Bertz CT molecular complexity index is 1300. The Kier molecular flexibility index (Phi) is 5.64. The quantitative estimate of drug-likeness (QED) is 0.486. The molecule has 9 nitrogen and oxygen atoms in total. The zero-order chi connectivity index (χ0) is 22.6. The highest BCUT2D eigenvalue weighted by molar-refractivity contribution is 5.67. The van der Waals surface area contributed by atoms with Crippen LogP contribution in [0.2, 0.25) is 0 Å². The molecule has 0 spiro atoms. The SMILES string of the molecule is Cc1nccn1Cc1ccc(Nc2nccc(-c3cnc(N4CCCC4)c(C#N)c3)n2)cn1. The summed E-state index contributed by atoms with van der Waals surface area (Å²) in [5.41, 5.74) is 3.77. The lowest BCUT2D eigenvalue weighted by Crippen LogP contribution is -2.20. The normalized spacial score (nSPS) is 13.2. The first-order valence-corrected chi connectivity index (χ1v) is 10.9. The van der Waals surface area contributed by atoms with Crippen molar-refractivity contribution in [3.8, 4) is 17.3 Å². The molecule has 0 bridgehead atoms. The second-order valence-electron chi connectivity index (χ2n) is 7.93. The van der Waals surface area contributed by atoms with Gasteiger partial charge in [0.05, 0.1) is 35.4 Å². The number of anilines is 3. The third kappa shape index (κ3) is 4.50. The highest BCUT2D eigenvalue weighted by Crippen LogP contribution is 2.26. The van der Waals surface area contributed by atoms with E-state index in [1.54, 1.807) is 24.8 Å². The van der Waals surface area contributed by atoms with Crippen molar-refractivity contribution in [1.82, 2.24) is 29.5 Å². The van der Waals surface area contributed by atoms with Crippen molar-refractivity contribution < 1.29 is 0 Å². The Morgan fingerprint density at radius 1 is 1.03 bits per heavy atom. The van der Waals surface area contributed by atoms with Gasteiger partial charge in [0.15, 0.2) is 0 Å². The highest BCUT2D eigenvalue weighted by atomic mass is 15.2. The summed E-state index contributed by atoms with van der Waals surface area (Å²) in [5, 5.41) is 12.8. The number of nitrogens with one attached hydrogen (secondary N) is 1. The van der Waals surface area contributed by atoms with Crippen LogP contribution in [-0.4, -0.2) is 42.6 Å². The molecular formula is C24H23N9. The zero-order valence-corrected chi connectivity index (χ0v) is 18.3. The largest absolute Gasteiger partial charge is 0.356 e. The van der Waals surface area contributed by atoms with Crippen molar-refractivity contribution in [3.05, 3.63) is 72.3 Å². The Labute approximate surface area is 191 Å². The van der Waals surface area contributed by atoms with Crippen LogP contribution in [0.25, 0.3) is 11.3 Å². The van der Waals surface area contributed by atoms with Gasteiger partial charge in [0.25, 0.3) is 0 Å². The number of hydrogen-bond donors (Lipinski definition) is 1. The van der Waals surface area contributed by atoms with Crippen molar-refractivity contribution in [2.45, 2.75) is 26.3 Å². The summed E-state index contributed by atoms with van der Waals surface area (Å²) >= 11 is 0. The molecule has 1 N–H and O–H groups in total. The average Bonchev–Trinajstić information content (AvgIpc) is 3.52. The Hall–Kier alpha value is -4.32. The molecule has 5 heterocycles. The monoisotopic (exact) mass is 437 g/mol. The van der Waals surface area contributed by atoms with Gasteiger partial charge in [0.1, 0.15) is 17.7 Å². The molecule has 0 radical (unpaired) electrons. The number of aryl methyl sites for hydroxylation is 1. The molecule has 1 fully saturated rings. The van der Waals surface area contributed by atoms with Crippen molar-refractivity contribution >= 4 is 17.5 Å². The lowest BCUT2D eigenvalue weighted by atomic mass is 10.1. The minimum Gasteiger partial charge on any atom is -0.356 e. The number of aromatic nitrogens is 6. The number of hydrogen-bond acceptors (Lipinski definition) is 8. The third-order valence-corrected chi connectivity index (χ3v) is 5.68. The first kappa shape index (κ1) is 20.6. The minimum absolute atomic E-state index is 0.453. The lowest BCUT2D eigenvalue weighted by Gasteiger charge is -2.18. The van der Waals surface area contributed by atoms with Crippen LogP contribution in [0, 0.1) is 18.3 Å². The van der Waals surface area contributed by atoms with E-state index < -0.39 is 0 Å². The van der Waals surface area contributed by atoms with E-state index >= 15 is 0 Å². The number of rotatable bonds is 6. The molecular weight excluding hydrogens is 414 g/mol. The summed E-state index contributed by atoms with van der Waals surface area (Å²) in [5.74, 6) is 2.16. The molecule has 0 unspecified atom stereocenters. The predicted octanol–water partition coefficient (Wildman–Crippen LogP) is 3.70. The molecule has 0 saturated carbocycles. The zero-order valence-electron chi connectivity index (χ0n) is 18.3. The van der Waals surface area contributed by atoms with Gasteiger partial charge in [-0.05, 0) is 44.0 Å². The molecule has 0 atom stereocenters. The average molecular weight is 438 g/mol. The van der Waals surface area contributed by atoms with Crippen LogP contribution in [-0.2, 0) is 6.54 Å². The van der Waals surface area contributed by atoms with Crippen molar-refractivity contribution in [2.24, 2.45) is 0 Å². The fraction of sp³-hybridized carbons (Fsp3) is 0.250. The number of nitriles is 1. The van der Waals surface area contributed by atoms with Crippen LogP contribution in [0.15, 0.2) is 55.2 Å². The molecule has 0 aliphatic carbocycles. The standard InChI is InChI=1S/C24H23N9/c1-17-26-8-11-33(17)16-21-5-4-20(15-28-21)30-24-27-7-6-22(31-24)19-12-18(13-25)23(29-14-19)32-9-2-3-10-32/h4-8,11-12,14-15H,2-3,9-10,16H2,1H3,(H,27,30,31). The maximum atomic E-state index is 9.64. The second-order valence-corrected chi connectivity index (χ2v) is 7.93. The van der Waals surface area contributed by atoms with Crippen molar-refractivity contribution in [3.63, 3.8) is 0 Å². The smallest absolute Gasteiger partial charge is 0.227 e. The summed E-state index contributed by atoms with van der Waals surface area (Å²) < 4.78 is 2.04. The van der Waals surface area contributed by atoms with E-state index in [-0.39, 0.29) is 0 Å². The summed E-state index contributed by atoms with van der Waals surface area (Å²) in [6.07, 6.45) is 11.2. The van der Waals surface area contributed by atoms with E-state index in [4.69, 9.17) is 0 Å². The van der Waals surface area contributed by atoms with Gasteiger partial charge in [0, 0.05) is 43.4 Å². The maximum absolute atomic E-state index is 9.64. The fourth-order valence-electron chi connectivity index (χ4n) is 3.91. The van der Waals surface area contributed by atoms with Crippen LogP contribution in [0.5, 0.6) is 0 Å². The Morgan fingerprint density at radius 2 is 1.91 bits per heavy atom. The summed E-state index contributed by atoms with van der Waals surface area (Å²) in [6, 6.07) is 9.86. The third-order valence-electron chi connectivity index (χ3n) is 5.68. The lowest BCUT2D eigenvalue weighted by molar-refractivity contribution is 0.742. The molecule has 9 heteroatoms. The van der Waals surface area contributed by atoms with E-state index in [9.17, 15) is 5.26 Å². The molecule has 1 aliphatic heterocycles. The molecule has 1 saturated heterocycles. The first-order chi connectivity index (χ1) is 16.2. The molecule has 4 aromatic rings. The maximum Gasteiger partial charge on any atom is 0.227 e. The van der Waals surface area contributed by atoms with Crippen LogP contribution in [0.3, 0.4) is 0 Å². The number of nitrogens with zero attached hydrogens (tertiary/aromatic N) is 8. The molecule has 4 aromatic heterocycles. The second kappa shape index (κ2) is 9.04. The summed E-state index contributed by atoms with van der Waals surface area (Å²) in [6.45, 7) is 4.52. The van der Waals surface area contributed by atoms with Crippen molar-refractivity contribution in [1.29, 1.82) is 5.26 Å². The van der Waals surface area contributed by atoms with Crippen LogP contribution in [0.4, 0.5) is 17.5 Å². The Morgan fingerprint density at radius 3 is 2.64 bits per heavy atom. The fourth-order valence-corrected chi connectivity index (χ4v) is 3.91. The molecule has 33 heavy (non-hydrogen) atoms. The van der Waals surface area contributed by atoms with Gasteiger partial charge in [-0.3, -0.25) is 4.98 Å². The predicted molar refractivity (Wildman–Crippen MR) is 125 cm³/mol. The van der Waals surface area contributed by atoms with E-state index in [0.29, 0.717) is 23.8 Å². The van der Waals surface area contributed by atoms with Gasteiger partial charge in [-0.15, -0.1) is 0 Å². The number of imidazole rings is 1. The van der Waals surface area contributed by atoms with E-state index in [2.05, 4.69) is 41.2 Å². The van der Waals surface area contributed by atoms with Gasteiger partial charge in [-0.1, -0.05) is 0 Å². The minimum atomic E-state index is 0.453. The molecule has 1 aliphatic rings. The topological polar surface area (TPSA) is 108 Å². The van der Waals surface area contributed by atoms with Crippen LogP contribution < -0.4 is 10.2 Å². The van der Waals surface area contributed by atoms with Crippen LogP contribution >= 0.6 is 0 Å². The van der Waals surface area contributed by atoms with Gasteiger partial charge >= 0.3 is 0 Å². The van der Waals surface area contributed by atoms with E-state index in [1.165, 1.54) is 0 Å². The molecule has 164 valence electrons. The van der Waals surface area contributed by atoms with E-state index in [1.807, 2.05) is 42.0 Å². The van der Waals surface area contributed by atoms with Gasteiger partial charge in [0.2, 0.25) is 5.95 Å². The first-order valence-electron chi connectivity index (χ1n) is 10.9. The van der Waals surface area contributed by atoms with Crippen molar-refractivity contribution in [2.75, 3.05) is 23.3 Å². The molecule has 0 amide bonds. The molecule has 0 aromatic carbocycles. The number of pyridine rings is 2. The Balaban J connectivity index is 1.32. The van der Waals surface area contributed by atoms with E-state index in [0.717, 1.165) is 54.5 Å².